The number of aliphatic imine (C=N–C) groups is 1. The highest BCUT2D eigenvalue weighted by Gasteiger charge is 2.01. The third-order valence-corrected chi connectivity index (χ3v) is 2.27. The molecule has 3 N–H and O–H groups in total. The molecule has 0 aliphatic carbocycles. The Morgan fingerprint density at radius 3 is 2.88 bits per heavy atom. The summed E-state index contributed by atoms with van der Waals surface area (Å²) in [5.74, 6) is 6.98. The van der Waals surface area contributed by atoms with E-state index in [1.54, 1.807) is 14.2 Å². The lowest BCUT2D eigenvalue weighted by Gasteiger charge is -2.07. The summed E-state index contributed by atoms with van der Waals surface area (Å²) in [5, 5.41) is 0. The standard InChI is InChI=1S/C12H19N3O2/c1-16-7-6-14-12(15-13)9-10-4-3-5-11(8-10)17-2/h3-5,8H,6-7,9,13H2,1-2H3,(H,14,15). The Labute approximate surface area is 102 Å². The van der Waals surface area contributed by atoms with E-state index in [9.17, 15) is 0 Å². The van der Waals surface area contributed by atoms with Crippen molar-refractivity contribution >= 4 is 5.84 Å². The molecule has 0 atom stereocenters. The highest BCUT2D eigenvalue weighted by Crippen LogP contribution is 2.12. The lowest BCUT2D eigenvalue weighted by Crippen LogP contribution is -2.32. The molecule has 0 aromatic heterocycles. The van der Waals surface area contributed by atoms with Gasteiger partial charge >= 0.3 is 0 Å². The van der Waals surface area contributed by atoms with E-state index in [0.29, 0.717) is 19.6 Å². The summed E-state index contributed by atoms with van der Waals surface area (Å²) >= 11 is 0. The minimum absolute atomic E-state index is 0.587. The van der Waals surface area contributed by atoms with E-state index in [2.05, 4.69) is 10.4 Å². The van der Waals surface area contributed by atoms with Crippen LogP contribution in [0.4, 0.5) is 0 Å². The highest BCUT2D eigenvalue weighted by atomic mass is 16.5. The number of hydrazine groups is 1. The molecule has 0 amide bonds. The van der Waals surface area contributed by atoms with Gasteiger partial charge in [0.25, 0.3) is 0 Å². The minimum Gasteiger partial charge on any atom is -0.497 e. The maximum atomic E-state index is 5.42. The molecule has 0 unspecified atom stereocenters. The van der Waals surface area contributed by atoms with Crippen LogP contribution < -0.4 is 16.0 Å². The fourth-order valence-electron chi connectivity index (χ4n) is 1.40. The first kappa shape index (κ1) is 13.5. The summed E-state index contributed by atoms with van der Waals surface area (Å²) in [6.45, 7) is 1.18. The second kappa shape index (κ2) is 7.65. The summed E-state index contributed by atoms with van der Waals surface area (Å²) in [6.07, 6.45) is 0.650. The molecule has 17 heavy (non-hydrogen) atoms. The SMILES string of the molecule is COCCN=C(Cc1cccc(OC)c1)NN. The van der Waals surface area contributed by atoms with E-state index in [-0.39, 0.29) is 0 Å². The zero-order chi connectivity index (χ0) is 12.5. The van der Waals surface area contributed by atoms with Gasteiger partial charge in [-0.25, -0.2) is 5.84 Å². The van der Waals surface area contributed by atoms with Crippen molar-refractivity contribution in [2.45, 2.75) is 6.42 Å². The molecule has 5 nitrogen and oxygen atoms in total. The molecule has 0 radical (unpaired) electrons. The number of ether oxygens (including phenoxy) is 2. The van der Waals surface area contributed by atoms with Crippen molar-refractivity contribution in [1.29, 1.82) is 0 Å². The van der Waals surface area contributed by atoms with Gasteiger partial charge in [0.2, 0.25) is 0 Å². The van der Waals surface area contributed by atoms with Gasteiger partial charge in [0.05, 0.1) is 20.3 Å². The predicted octanol–water partition coefficient (Wildman–Crippen LogP) is 0.746. The molecule has 1 rings (SSSR count). The molecule has 0 saturated carbocycles. The number of hydrogen-bond acceptors (Lipinski definition) is 4. The average molecular weight is 237 g/mol. The smallest absolute Gasteiger partial charge is 0.119 e. The Morgan fingerprint density at radius 1 is 1.41 bits per heavy atom. The van der Waals surface area contributed by atoms with Crippen LogP contribution in [-0.2, 0) is 11.2 Å². The third-order valence-electron chi connectivity index (χ3n) is 2.27. The number of nitrogens with one attached hydrogen (secondary N) is 1. The average Bonchev–Trinajstić information content (AvgIpc) is 2.38. The molecule has 5 heteroatoms. The number of hydrogen-bond donors (Lipinski definition) is 2. The number of methoxy groups -OCH3 is 2. The lowest BCUT2D eigenvalue weighted by molar-refractivity contribution is 0.208. The van der Waals surface area contributed by atoms with Crippen molar-refractivity contribution < 1.29 is 9.47 Å². The van der Waals surface area contributed by atoms with Crippen LogP contribution in [0.25, 0.3) is 0 Å². The second-order valence-corrected chi connectivity index (χ2v) is 3.49. The second-order valence-electron chi connectivity index (χ2n) is 3.49. The van der Waals surface area contributed by atoms with Crippen LogP contribution >= 0.6 is 0 Å². The highest BCUT2D eigenvalue weighted by molar-refractivity contribution is 5.83. The fraction of sp³-hybridized carbons (Fsp3) is 0.417. The predicted molar refractivity (Wildman–Crippen MR) is 68.2 cm³/mol. The third kappa shape index (κ3) is 4.84. The monoisotopic (exact) mass is 237 g/mol. The Hall–Kier alpha value is -1.59. The van der Waals surface area contributed by atoms with Crippen LogP contribution in [0.1, 0.15) is 5.56 Å². The van der Waals surface area contributed by atoms with E-state index >= 15 is 0 Å². The summed E-state index contributed by atoms with van der Waals surface area (Å²) in [5.41, 5.74) is 3.70. The first-order valence-electron chi connectivity index (χ1n) is 5.42. The number of amidine groups is 1. The first-order chi connectivity index (χ1) is 8.30. The van der Waals surface area contributed by atoms with Crippen molar-refractivity contribution in [2.75, 3.05) is 27.4 Å². The Balaban J connectivity index is 2.63. The molecule has 94 valence electrons. The van der Waals surface area contributed by atoms with Gasteiger partial charge in [0.1, 0.15) is 11.6 Å². The van der Waals surface area contributed by atoms with E-state index in [1.807, 2.05) is 24.3 Å². The van der Waals surface area contributed by atoms with Crippen LogP contribution in [0.3, 0.4) is 0 Å². The van der Waals surface area contributed by atoms with Gasteiger partial charge in [-0.05, 0) is 17.7 Å². The Morgan fingerprint density at radius 2 is 2.24 bits per heavy atom. The number of rotatable bonds is 6. The summed E-state index contributed by atoms with van der Waals surface area (Å²) in [6, 6.07) is 7.81. The van der Waals surface area contributed by atoms with E-state index in [1.165, 1.54) is 0 Å². The maximum Gasteiger partial charge on any atom is 0.119 e. The van der Waals surface area contributed by atoms with Gasteiger partial charge in [-0.2, -0.15) is 0 Å². The van der Waals surface area contributed by atoms with Crippen molar-refractivity contribution in [3.8, 4) is 5.75 Å². The number of benzene rings is 1. The lowest BCUT2D eigenvalue weighted by atomic mass is 10.1. The van der Waals surface area contributed by atoms with E-state index in [0.717, 1.165) is 17.1 Å². The summed E-state index contributed by atoms with van der Waals surface area (Å²) in [4.78, 5) is 4.30. The van der Waals surface area contributed by atoms with Crippen molar-refractivity contribution in [3.05, 3.63) is 29.8 Å². The van der Waals surface area contributed by atoms with Gasteiger partial charge in [0.15, 0.2) is 0 Å². The first-order valence-corrected chi connectivity index (χ1v) is 5.42. The molecule has 0 bridgehead atoms. The van der Waals surface area contributed by atoms with E-state index in [4.69, 9.17) is 15.3 Å². The number of nitrogens with two attached hydrogens (primary N) is 1. The molecule has 1 aromatic rings. The van der Waals surface area contributed by atoms with Gasteiger partial charge in [-0.1, -0.05) is 12.1 Å². The van der Waals surface area contributed by atoms with Crippen molar-refractivity contribution in [3.63, 3.8) is 0 Å². The fourth-order valence-corrected chi connectivity index (χ4v) is 1.40. The van der Waals surface area contributed by atoms with Crippen molar-refractivity contribution in [1.82, 2.24) is 5.43 Å². The minimum atomic E-state index is 0.587. The van der Waals surface area contributed by atoms with E-state index < -0.39 is 0 Å². The van der Waals surface area contributed by atoms with Gasteiger partial charge in [0, 0.05) is 13.5 Å². The molecule has 0 saturated heterocycles. The molecular weight excluding hydrogens is 218 g/mol. The largest absolute Gasteiger partial charge is 0.497 e. The van der Waals surface area contributed by atoms with Crippen LogP contribution in [-0.4, -0.2) is 33.2 Å². The van der Waals surface area contributed by atoms with Gasteiger partial charge < -0.3 is 14.9 Å². The molecule has 0 fully saturated rings. The van der Waals surface area contributed by atoms with Crippen LogP contribution in [0.5, 0.6) is 5.75 Å². The summed E-state index contributed by atoms with van der Waals surface area (Å²) in [7, 11) is 3.29. The Kier molecular flexibility index (Phi) is 6.06. The van der Waals surface area contributed by atoms with Crippen LogP contribution in [0.2, 0.25) is 0 Å². The molecule has 0 aliphatic rings. The van der Waals surface area contributed by atoms with Crippen molar-refractivity contribution in [2.24, 2.45) is 10.8 Å². The Bertz CT molecular complexity index is 367. The molecule has 0 heterocycles. The van der Waals surface area contributed by atoms with Crippen LogP contribution in [0.15, 0.2) is 29.3 Å². The normalized spacial score (nSPS) is 11.4. The van der Waals surface area contributed by atoms with Gasteiger partial charge in [-0.3, -0.25) is 4.99 Å². The zero-order valence-corrected chi connectivity index (χ0v) is 10.3. The zero-order valence-electron chi connectivity index (χ0n) is 10.3. The topological polar surface area (TPSA) is 68.9 Å². The summed E-state index contributed by atoms with van der Waals surface area (Å²) < 4.78 is 10.1. The molecule has 0 spiro atoms. The quantitative estimate of drug-likeness (QED) is 0.252. The maximum absolute atomic E-state index is 5.42. The van der Waals surface area contributed by atoms with Crippen LogP contribution in [0, 0.1) is 0 Å². The molecule has 1 aromatic carbocycles. The van der Waals surface area contributed by atoms with Gasteiger partial charge in [-0.15, -0.1) is 0 Å². The molecular formula is C12H19N3O2. The molecule has 0 aliphatic heterocycles. The number of nitrogens with zero attached hydrogens (tertiary/aromatic N) is 1.